The maximum absolute atomic E-state index is 3.46. The van der Waals surface area contributed by atoms with Crippen molar-refractivity contribution in [1.82, 2.24) is 5.32 Å². The lowest BCUT2D eigenvalue weighted by Crippen LogP contribution is -2.18. The molecule has 0 bridgehead atoms. The molecule has 1 heterocycles. The number of rotatable bonds is 5. The first-order chi connectivity index (χ1) is 9.94. The van der Waals surface area contributed by atoms with Crippen molar-refractivity contribution in [3.8, 4) is 0 Å². The highest BCUT2D eigenvalue weighted by molar-refractivity contribution is 7.12. The Morgan fingerprint density at radius 1 is 1.05 bits per heavy atom. The van der Waals surface area contributed by atoms with Gasteiger partial charge in [0.15, 0.2) is 0 Å². The van der Waals surface area contributed by atoms with Crippen molar-refractivity contribution in [2.75, 3.05) is 7.05 Å². The van der Waals surface area contributed by atoms with Crippen LogP contribution in [0.4, 0.5) is 0 Å². The van der Waals surface area contributed by atoms with E-state index in [2.05, 4.69) is 76.5 Å². The molecule has 0 saturated heterocycles. The zero-order valence-corrected chi connectivity index (χ0v) is 14.7. The molecule has 1 N–H and O–H groups in total. The molecule has 21 heavy (non-hydrogen) atoms. The summed E-state index contributed by atoms with van der Waals surface area (Å²) in [4.78, 5) is 2.91. The van der Waals surface area contributed by atoms with Gasteiger partial charge in [0.25, 0.3) is 0 Å². The fourth-order valence-electron chi connectivity index (χ4n) is 2.49. The number of hydrogen-bond acceptors (Lipinski definition) is 2. The standard InChI is InChI=1S/C19H27NS/c1-6-16-11-12-18(21-16)17(20-5)13-14-7-9-15(10-8-14)19(2,3)4/h7-12,17,20H,6,13H2,1-5H3. The first-order valence-corrected chi connectivity index (χ1v) is 8.61. The van der Waals surface area contributed by atoms with Crippen LogP contribution in [0.1, 0.15) is 54.6 Å². The molecule has 0 saturated carbocycles. The topological polar surface area (TPSA) is 12.0 Å². The van der Waals surface area contributed by atoms with Crippen LogP contribution in [0, 0.1) is 0 Å². The Bertz CT molecular complexity index is 560. The third kappa shape index (κ3) is 4.18. The number of benzene rings is 1. The minimum atomic E-state index is 0.227. The van der Waals surface area contributed by atoms with E-state index in [1.165, 1.54) is 20.9 Å². The van der Waals surface area contributed by atoms with Gasteiger partial charge in [-0.05, 0) is 48.6 Å². The first kappa shape index (κ1) is 16.3. The Balaban J connectivity index is 2.11. The summed E-state index contributed by atoms with van der Waals surface area (Å²) in [7, 11) is 2.06. The van der Waals surface area contributed by atoms with Crippen LogP contribution in [-0.2, 0) is 18.3 Å². The maximum Gasteiger partial charge on any atom is 0.0453 e. The van der Waals surface area contributed by atoms with E-state index in [4.69, 9.17) is 0 Å². The summed E-state index contributed by atoms with van der Waals surface area (Å²) < 4.78 is 0. The van der Waals surface area contributed by atoms with E-state index >= 15 is 0 Å². The lowest BCUT2D eigenvalue weighted by atomic mass is 9.86. The summed E-state index contributed by atoms with van der Waals surface area (Å²) in [6.45, 7) is 9.00. The molecule has 0 amide bonds. The van der Waals surface area contributed by atoms with Gasteiger partial charge in [-0.25, -0.2) is 0 Å². The highest BCUT2D eigenvalue weighted by atomic mass is 32.1. The van der Waals surface area contributed by atoms with Gasteiger partial charge in [-0.3, -0.25) is 0 Å². The third-order valence-electron chi connectivity index (χ3n) is 3.98. The molecular weight excluding hydrogens is 274 g/mol. The van der Waals surface area contributed by atoms with Gasteiger partial charge in [0.2, 0.25) is 0 Å². The Morgan fingerprint density at radius 2 is 1.71 bits per heavy atom. The summed E-state index contributed by atoms with van der Waals surface area (Å²) in [6.07, 6.45) is 2.17. The Labute approximate surface area is 133 Å². The fraction of sp³-hybridized carbons (Fsp3) is 0.474. The Kier molecular flexibility index (Phi) is 5.23. The molecule has 2 rings (SSSR count). The quantitative estimate of drug-likeness (QED) is 0.809. The molecule has 0 radical (unpaired) electrons. The van der Waals surface area contributed by atoms with Crippen LogP contribution >= 0.6 is 11.3 Å². The molecular formula is C19H27NS. The van der Waals surface area contributed by atoms with Gasteiger partial charge < -0.3 is 5.32 Å². The molecule has 0 aliphatic carbocycles. The zero-order valence-electron chi connectivity index (χ0n) is 13.9. The van der Waals surface area contributed by atoms with E-state index < -0.39 is 0 Å². The van der Waals surface area contributed by atoms with Crippen molar-refractivity contribution < 1.29 is 0 Å². The van der Waals surface area contributed by atoms with Crippen molar-refractivity contribution in [3.05, 3.63) is 57.3 Å². The second kappa shape index (κ2) is 6.76. The number of likely N-dealkylation sites (N-methyl/N-ethyl adjacent to an activating group) is 1. The van der Waals surface area contributed by atoms with E-state index in [9.17, 15) is 0 Å². The maximum atomic E-state index is 3.46. The Hall–Kier alpha value is -1.12. The summed E-state index contributed by atoms with van der Waals surface area (Å²) in [5.74, 6) is 0. The molecule has 2 aromatic rings. The third-order valence-corrected chi connectivity index (χ3v) is 5.33. The summed E-state index contributed by atoms with van der Waals surface area (Å²) in [5.41, 5.74) is 3.02. The average Bonchev–Trinajstić information content (AvgIpc) is 2.93. The number of thiophene rings is 1. The lowest BCUT2D eigenvalue weighted by Gasteiger charge is -2.20. The van der Waals surface area contributed by atoms with Crippen molar-refractivity contribution in [1.29, 1.82) is 0 Å². The van der Waals surface area contributed by atoms with Gasteiger partial charge in [-0.2, -0.15) is 0 Å². The minimum absolute atomic E-state index is 0.227. The number of hydrogen-bond donors (Lipinski definition) is 1. The van der Waals surface area contributed by atoms with Crippen molar-refractivity contribution in [3.63, 3.8) is 0 Å². The van der Waals surface area contributed by atoms with Gasteiger partial charge in [-0.15, -0.1) is 11.3 Å². The van der Waals surface area contributed by atoms with Crippen LogP contribution in [0.15, 0.2) is 36.4 Å². The molecule has 0 aliphatic rings. The van der Waals surface area contributed by atoms with Crippen LogP contribution in [0.2, 0.25) is 0 Å². The highest BCUT2D eigenvalue weighted by Gasteiger charge is 2.15. The van der Waals surface area contributed by atoms with Gasteiger partial charge in [-0.1, -0.05) is 52.0 Å². The molecule has 1 aromatic carbocycles. The van der Waals surface area contributed by atoms with Gasteiger partial charge in [0.05, 0.1) is 0 Å². The van der Waals surface area contributed by atoms with Crippen LogP contribution in [0.5, 0.6) is 0 Å². The second-order valence-corrected chi connectivity index (χ2v) is 7.85. The largest absolute Gasteiger partial charge is 0.312 e. The average molecular weight is 301 g/mol. The molecule has 1 aromatic heterocycles. The molecule has 2 heteroatoms. The fourth-order valence-corrected chi connectivity index (χ4v) is 3.56. The highest BCUT2D eigenvalue weighted by Crippen LogP contribution is 2.27. The monoisotopic (exact) mass is 301 g/mol. The second-order valence-electron chi connectivity index (χ2n) is 6.65. The molecule has 0 spiro atoms. The van der Waals surface area contributed by atoms with Crippen molar-refractivity contribution >= 4 is 11.3 Å². The zero-order chi connectivity index (χ0) is 15.5. The van der Waals surface area contributed by atoms with E-state index in [0.717, 1.165) is 12.8 Å². The van der Waals surface area contributed by atoms with Gasteiger partial charge in [0.1, 0.15) is 0 Å². The molecule has 0 fully saturated rings. The summed E-state index contributed by atoms with van der Waals surface area (Å²) in [6, 6.07) is 14.0. The predicted molar refractivity (Wildman–Crippen MR) is 94.3 cm³/mol. The van der Waals surface area contributed by atoms with Crippen LogP contribution in [0.3, 0.4) is 0 Å². The molecule has 0 aliphatic heterocycles. The molecule has 1 nitrogen and oxygen atoms in total. The first-order valence-electron chi connectivity index (χ1n) is 7.79. The lowest BCUT2D eigenvalue weighted by molar-refractivity contribution is 0.586. The summed E-state index contributed by atoms with van der Waals surface area (Å²) >= 11 is 1.93. The van der Waals surface area contributed by atoms with Crippen LogP contribution < -0.4 is 5.32 Å². The van der Waals surface area contributed by atoms with E-state index in [-0.39, 0.29) is 5.41 Å². The van der Waals surface area contributed by atoms with E-state index in [1.807, 2.05) is 11.3 Å². The normalized spacial score (nSPS) is 13.4. The van der Waals surface area contributed by atoms with Gasteiger partial charge in [0, 0.05) is 15.8 Å². The number of nitrogens with one attached hydrogen (secondary N) is 1. The SMILES string of the molecule is CCc1ccc(C(Cc2ccc(C(C)(C)C)cc2)NC)s1. The van der Waals surface area contributed by atoms with Gasteiger partial charge >= 0.3 is 0 Å². The minimum Gasteiger partial charge on any atom is -0.312 e. The molecule has 1 atom stereocenters. The van der Waals surface area contributed by atoms with Crippen molar-refractivity contribution in [2.24, 2.45) is 0 Å². The number of aryl methyl sites for hydroxylation is 1. The van der Waals surface area contributed by atoms with E-state index in [1.54, 1.807) is 0 Å². The van der Waals surface area contributed by atoms with E-state index in [0.29, 0.717) is 6.04 Å². The van der Waals surface area contributed by atoms with Crippen LogP contribution in [-0.4, -0.2) is 7.05 Å². The molecule has 114 valence electrons. The molecule has 1 unspecified atom stereocenters. The summed E-state index contributed by atoms with van der Waals surface area (Å²) in [5, 5.41) is 3.46. The van der Waals surface area contributed by atoms with Crippen LogP contribution in [0.25, 0.3) is 0 Å². The smallest absolute Gasteiger partial charge is 0.0453 e. The predicted octanol–water partition coefficient (Wildman–Crippen LogP) is 5.11. The Morgan fingerprint density at radius 3 is 2.19 bits per heavy atom. The van der Waals surface area contributed by atoms with Crippen molar-refractivity contribution in [2.45, 2.75) is 52.0 Å².